The second-order valence-electron chi connectivity index (χ2n) is 5.13. The van der Waals surface area contributed by atoms with Crippen LogP contribution in [-0.2, 0) is 0 Å². The quantitative estimate of drug-likeness (QED) is 0.523. The summed E-state index contributed by atoms with van der Waals surface area (Å²) in [7, 11) is 0. The molecule has 4 heteroatoms. The molecule has 3 rings (SSSR count). The van der Waals surface area contributed by atoms with Crippen molar-refractivity contribution in [1.29, 1.82) is 0 Å². The van der Waals surface area contributed by atoms with Gasteiger partial charge in [-0.2, -0.15) is 10.1 Å². The Morgan fingerprint density at radius 3 is 2.64 bits per heavy atom. The maximum atomic E-state index is 5.63. The van der Waals surface area contributed by atoms with E-state index in [4.69, 9.17) is 4.42 Å². The molecule has 0 bridgehead atoms. The minimum Gasteiger partial charge on any atom is -0.422 e. The van der Waals surface area contributed by atoms with Crippen LogP contribution in [0.3, 0.4) is 0 Å². The van der Waals surface area contributed by atoms with Gasteiger partial charge in [0.15, 0.2) is 5.58 Å². The highest BCUT2D eigenvalue weighted by Crippen LogP contribution is 2.18. The van der Waals surface area contributed by atoms with Crippen LogP contribution in [0.2, 0.25) is 0 Å². The van der Waals surface area contributed by atoms with Gasteiger partial charge in [0, 0.05) is 0 Å². The van der Waals surface area contributed by atoms with Crippen LogP contribution in [0.4, 0.5) is 6.01 Å². The Bertz CT molecular complexity index is 729. The van der Waals surface area contributed by atoms with Gasteiger partial charge in [0.25, 0.3) is 0 Å². The predicted octanol–water partition coefficient (Wildman–Crippen LogP) is 4.83. The summed E-state index contributed by atoms with van der Waals surface area (Å²) in [5, 5.41) is 4.51. The van der Waals surface area contributed by atoms with Gasteiger partial charge in [-0.05, 0) is 30.5 Å². The number of para-hydroxylation sites is 2. The fraction of sp³-hybridized carbons (Fsp3) is 0.222. The van der Waals surface area contributed by atoms with Gasteiger partial charge in [0.05, 0.1) is 5.71 Å². The standard InChI is InChI=1S/C18H19N3O/c1-2-3-11-15(14-9-5-4-6-10-14)20-21-18-19-16-12-7-8-13-17(16)22-18/h4-10,12-13H,2-3,11H2,1H3,(H,19,21)/b20-15+. The van der Waals surface area contributed by atoms with Crippen LogP contribution in [0.25, 0.3) is 11.1 Å². The smallest absolute Gasteiger partial charge is 0.316 e. The molecule has 3 aromatic rings. The molecular weight excluding hydrogens is 274 g/mol. The average molecular weight is 293 g/mol. The van der Waals surface area contributed by atoms with Crippen molar-refractivity contribution in [3.8, 4) is 0 Å². The highest BCUT2D eigenvalue weighted by molar-refractivity contribution is 6.00. The number of hydrogen-bond donors (Lipinski definition) is 1. The zero-order chi connectivity index (χ0) is 15.2. The van der Waals surface area contributed by atoms with E-state index in [9.17, 15) is 0 Å². The molecule has 1 N–H and O–H groups in total. The summed E-state index contributed by atoms with van der Waals surface area (Å²) in [5.41, 5.74) is 6.68. The van der Waals surface area contributed by atoms with Gasteiger partial charge >= 0.3 is 6.01 Å². The molecule has 0 atom stereocenters. The first-order valence-electron chi connectivity index (χ1n) is 7.60. The molecule has 0 aliphatic heterocycles. The lowest BCUT2D eigenvalue weighted by molar-refractivity contribution is 0.617. The molecule has 112 valence electrons. The molecular formula is C18H19N3O. The Hall–Kier alpha value is -2.62. The second kappa shape index (κ2) is 6.89. The zero-order valence-electron chi connectivity index (χ0n) is 12.6. The van der Waals surface area contributed by atoms with Gasteiger partial charge in [0.1, 0.15) is 5.52 Å². The average Bonchev–Trinajstić information content (AvgIpc) is 2.98. The van der Waals surface area contributed by atoms with Crippen molar-refractivity contribution in [2.75, 3.05) is 5.43 Å². The van der Waals surface area contributed by atoms with Crippen LogP contribution in [0.1, 0.15) is 31.7 Å². The number of nitrogens with zero attached hydrogens (tertiary/aromatic N) is 2. The first-order chi connectivity index (χ1) is 10.9. The fourth-order valence-corrected chi connectivity index (χ4v) is 2.27. The minimum absolute atomic E-state index is 0.422. The SMILES string of the molecule is CCCC/C(=N\Nc1nc2ccccc2o1)c1ccccc1. The van der Waals surface area contributed by atoms with Crippen molar-refractivity contribution in [1.82, 2.24) is 4.98 Å². The molecule has 0 fully saturated rings. The summed E-state index contributed by atoms with van der Waals surface area (Å²) in [6, 6.07) is 18.3. The van der Waals surface area contributed by atoms with Crippen LogP contribution in [0, 0.1) is 0 Å². The monoisotopic (exact) mass is 293 g/mol. The van der Waals surface area contributed by atoms with Crippen LogP contribution in [-0.4, -0.2) is 10.7 Å². The highest BCUT2D eigenvalue weighted by Gasteiger charge is 2.06. The Kier molecular flexibility index (Phi) is 4.49. The van der Waals surface area contributed by atoms with E-state index >= 15 is 0 Å². The van der Waals surface area contributed by atoms with E-state index in [1.165, 1.54) is 0 Å². The number of hydrazone groups is 1. The summed E-state index contributed by atoms with van der Waals surface area (Å²) < 4.78 is 5.63. The first-order valence-corrected chi connectivity index (χ1v) is 7.60. The topological polar surface area (TPSA) is 50.4 Å². The van der Waals surface area contributed by atoms with Crippen molar-refractivity contribution >= 4 is 22.8 Å². The molecule has 2 aromatic carbocycles. The molecule has 0 saturated carbocycles. The van der Waals surface area contributed by atoms with E-state index in [2.05, 4.69) is 34.6 Å². The van der Waals surface area contributed by atoms with Gasteiger partial charge in [-0.15, -0.1) is 0 Å². The number of anilines is 1. The summed E-state index contributed by atoms with van der Waals surface area (Å²) in [6.45, 7) is 2.18. The number of fused-ring (bicyclic) bond motifs is 1. The number of nitrogens with one attached hydrogen (secondary N) is 1. The number of aromatic nitrogens is 1. The van der Waals surface area contributed by atoms with Gasteiger partial charge in [-0.25, -0.2) is 5.43 Å². The summed E-state index contributed by atoms with van der Waals surface area (Å²) in [4.78, 5) is 4.37. The van der Waals surface area contributed by atoms with E-state index in [0.717, 1.165) is 41.6 Å². The zero-order valence-corrected chi connectivity index (χ0v) is 12.6. The van der Waals surface area contributed by atoms with E-state index in [-0.39, 0.29) is 0 Å². The van der Waals surface area contributed by atoms with E-state index in [1.807, 2.05) is 42.5 Å². The molecule has 0 saturated heterocycles. The number of benzene rings is 2. The van der Waals surface area contributed by atoms with Crippen molar-refractivity contribution in [2.24, 2.45) is 5.10 Å². The molecule has 0 spiro atoms. The molecule has 0 aliphatic carbocycles. The van der Waals surface area contributed by atoms with Crippen molar-refractivity contribution in [2.45, 2.75) is 26.2 Å². The van der Waals surface area contributed by atoms with Crippen molar-refractivity contribution in [3.63, 3.8) is 0 Å². The summed E-state index contributed by atoms with van der Waals surface area (Å²) >= 11 is 0. The maximum absolute atomic E-state index is 5.63. The molecule has 4 nitrogen and oxygen atoms in total. The predicted molar refractivity (Wildman–Crippen MR) is 90.1 cm³/mol. The third kappa shape index (κ3) is 3.34. The van der Waals surface area contributed by atoms with Crippen LogP contribution < -0.4 is 5.43 Å². The summed E-state index contributed by atoms with van der Waals surface area (Å²) in [5.74, 6) is 0. The van der Waals surface area contributed by atoms with Gasteiger partial charge in [0.2, 0.25) is 0 Å². The number of hydrogen-bond acceptors (Lipinski definition) is 4. The van der Waals surface area contributed by atoms with E-state index < -0.39 is 0 Å². The molecule has 0 unspecified atom stereocenters. The fourth-order valence-electron chi connectivity index (χ4n) is 2.27. The van der Waals surface area contributed by atoms with E-state index in [0.29, 0.717) is 6.01 Å². The Morgan fingerprint density at radius 2 is 1.86 bits per heavy atom. The molecule has 22 heavy (non-hydrogen) atoms. The largest absolute Gasteiger partial charge is 0.422 e. The lowest BCUT2D eigenvalue weighted by Gasteiger charge is -2.05. The van der Waals surface area contributed by atoms with Crippen molar-refractivity contribution < 1.29 is 4.42 Å². The second-order valence-corrected chi connectivity index (χ2v) is 5.13. The van der Waals surface area contributed by atoms with Crippen LogP contribution >= 0.6 is 0 Å². The van der Waals surface area contributed by atoms with Crippen LogP contribution in [0.15, 0.2) is 64.1 Å². The van der Waals surface area contributed by atoms with Gasteiger partial charge < -0.3 is 4.42 Å². The molecule has 1 heterocycles. The third-order valence-electron chi connectivity index (χ3n) is 3.45. The Labute approximate surface area is 129 Å². The first kappa shape index (κ1) is 14.3. The molecule has 0 amide bonds. The summed E-state index contributed by atoms with van der Waals surface area (Å²) in [6.07, 6.45) is 3.16. The van der Waals surface area contributed by atoms with E-state index in [1.54, 1.807) is 0 Å². The van der Waals surface area contributed by atoms with Gasteiger partial charge in [-0.3, -0.25) is 0 Å². The Balaban J connectivity index is 1.82. The lowest BCUT2D eigenvalue weighted by Crippen LogP contribution is -2.04. The molecule has 1 aromatic heterocycles. The van der Waals surface area contributed by atoms with Crippen molar-refractivity contribution in [3.05, 3.63) is 60.2 Å². The highest BCUT2D eigenvalue weighted by atomic mass is 16.4. The van der Waals surface area contributed by atoms with Crippen LogP contribution in [0.5, 0.6) is 0 Å². The lowest BCUT2D eigenvalue weighted by atomic mass is 10.1. The minimum atomic E-state index is 0.422. The third-order valence-corrected chi connectivity index (χ3v) is 3.45. The number of unbranched alkanes of at least 4 members (excludes halogenated alkanes) is 1. The number of oxazole rings is 1. The van der Waals surface area contributed by atoms with Gasteiger partial charge in [-0.1, -0.05) is 55.8 Å². The Morgan fingerprint density at radius 1 is 1.09 bits per heavy atom. The maximum Gasteiger partial charge on any atom is 0.316 e. The normalized spacial score (nSPS) is 11.8. The molecule has 0 aliphatic rings. The number of rotatable bonds is 6. The molecule has 0 radical (unpaired) electrons.